The molecule has 0 saturated heterocycles. The Morgan fingerprint density at radius 2 is 1.91 bits per heavy atom. The summed E-state index contributed by atoms with van der Waals surface area (Å²) in [5, 5.41) is 13.0. The Hall–Kier alpha value is -2.28. The molecular weight excluding hydrogens is 288 g/mol. The topological polar surface area (TPSA) is 74.1 Å². The molecule has 1 aromatic rings. The van der Waals surface area contributed by atoms with Crippen molar-refractivity contribution in [3.63, 3.8) is 0 Å². The summed E-state index contributed by atoms with van der Waals surface area (Å²) in [6.07, 6.45) is 2.17. The Morgan fingerprint density at radius 3 is 2.45 bits per heavy atom. The van der Waals surface area contributed by atoms with Crippen LogP contribution in [0.15, 0.2) is 30.0 Å². The molecule has 1 aromatic carbocycles. The summed E-state index contributed by atoms with van der Waals surface area (Å²) >= 11 is 0. The van der Waals surface area contributed by atoms with Crippen LogP contribution in [0.3, 0.4) is 0 Å². The number of hydrogen-bond acceptors (Lipinski definition) is 6. The molecule has 7 heteroatoms. The lowest BCUT2D eigenvalue weighted by Gasteiger charge is -2.36. The van der Waals surface area contributed by atoms with Crippen LogP contribution >= 0.6 is 0 Å². The number of methoxy groups -OCH3 is 2. The van der Waals surface area contributed by atoms with E-state index in [0.29, 0.717) is 17.9 Å². The van der Waals surface area contributed by atoms with Crippen molar-refractivity contribution in [3.8, 4) is 11.5 Å². The van der Waals surface area contributed by atoms with Gasteiger partial charge in [-0.1, -0.05) is 12.1 Å². The first-order valence-corrected chi connectivity index (χ1v) is 6.89. The van der Waals surface area contributed by atoms with Gasteiger partial charge in [-0.2, -0.15) is 0 Å². The summed E-state index contributed by atoms with van der Waals surface area (Å²) in [5.41, 5.74) is 1.59. The smallest absolute Gasteiger partial charge is 0.243 e. The van der Waals surface area contributed by atoms with Crippen molar-refractivity contribution < 1.29 is 19.2 Å². The number of nitrogens with zero attached hydrogens (tertiary/aromatic N) is 2. The molecule has 0 unspecified atom stereocenters. The van der Waals surface area contributed by atoms with Crippen LogP contribution in [-0.2, 0) is 4.84 Å². The first-order valence-electron chi connectivity index (χ1n) is 6.89. The van der Waals surface area contributed by atoms with E-state index in [9.17, 15) is 10.1 Å². The maximum atomic E-state index is 11.4. The SMILES string of the molecule is COc1ccc([C@@H]2[C@@H]([N+](=O)[O-])CC=C(C)N2OC)cc1OC. The molecule has 1 aliphatic heterocycles. The molecule has 0 amide bonds. The summed E-state index contributed by atoms with van der Waals surface area (Å²) in [6, 6.07) is 3.98. The molecule has 2 rings (SSSR count). The fraction of sp³-hybridized carbons (Fsp3) is 0.467. The maximum Gasteiger partial charge on any atom is 0.243 e. The Kier molecular flexibility index (Phi) is 4.87. The van der Waals surface area contributed by atoms with Crippen molar-refractivity contribution in [2.75, 3.05) is 21.3 Å². The fourth-order valence-corrected chi connectivity index (χ4v) is 2.74. The molecule has 0 radical (unpaired) electrons. The van der Waals surface area contributed by atoms with Gasteiger partial charge in [-0.05, 0) is 24.6 Å². The van der Waals surface area contributed by atoms with Crippen LogP contribution < -0.4 is 9.47 Å². The largest absolute Gasteiger partial charge is 0.493 e. The number of ether oxygens (including phenoxy) is 2. The van der Waals surface area contributed by atoms with Gasteiger partial charge in [-0.3, -0.25) is 15.0 Å². The van der Waals surface area contributed by atoms with E-state index in [2.05, 4.69) is 0 Å². The summed E-state index contributed by atoms with van der Waals surface area (Å²) < 4.78 is 10.5. The molecule has 1 aliphatic rings. The van der Waals surface area contributed by atoms with E-state index in [1.54, 1.807) is 30.4 Å². The van der Waals surface area contributed by atoms with Gasteiger partial charge in [0.05, 0.1) is 21.3 Å². The number of hydrogen-bond donors (Lipinski definition) is 0. The molecule has 1 heterocycles. The number of rotatable bonds is 5. The van der Waals surface area contributed by atoms with E-state index in [4.69, 9.17) is 14.3 Å². The highest BCUT2D eigenvalue weighted by molar-refractivity contribution is 5.44. The molecule has 7 nitrogen and oxygen atoms in total. The summed E-state index contributed by atoms with van der Waals surface area (Å²) in [6.45, 7) is 1.87. The molecule has 0 spiro atoms. The van der Waals surface area contributed by atoms with Crippen LogP contribution in [0.5, 0.6) is 11.5 Å². The molecule has 0 saturated carbocycles. The second kappa shape index (κ2) is 6.65. The third-order valence-corrected chi connectivity index (χ3v) is 3.84. The molecule has 0 bridgehead atoms. The normalized spacial score (nSPS) is 21.3. The molecule has 0 aromatic heterocycles. The zero-order chi connectivity index (χ0) is 16.3. The Balaban J connectivity index is 2.49. The third-order valence-electron chi connectivity index (χ3n) is 3.84. The van der Waals surface area contributed by atoms with E-state index < -0.39 is 12.1 Å². The predicted molar refractivity (Wildman–Crippen MR) is 80.3 cm³/mol. The minimum absolute atomic E-state index is 0.268. The lowest BCUT2D eigenvalue weighted by molar-refractivity contribution is -0.536. The highest BCUT2D eigenvalue weighted by atomic mass is 16.7. The Labute approximate surface area is 129 Å². The van der Waals surface area contributed by atoms with Gasteiger partial charge in [-0.25, -0.2) is 5.06 Å². The van der Waals surface area contributed by atoms with Crippen molar-refractivity contribution in [3.05, 3.63) is 45.6 Å². The van der Waals surface area contributed by atoms with E-state index in [0.717, 1.165) is 11.3 Å². The van der Waals surface area contributed by atoms with Crippen LogP contribution in [0.1, 0.15) is 24.9 Å². The Morgan fingerprint density at radius 1 is 1.23 bits per heavy atom. The molecule has 0 aliphatic carbocycles. The first-order chi connectivity index (χ1) is 10.5. The van der Waals surface area contributed by atoms with E-state index in [1.165, 1.54) is 14.2 Å². The standard InChI is InChI=1S/C15H20N2O5/c1-10-5-7-12(17(18)19)15(16(10)22-4)11-6-8-13(20-2)14(9-11)21-3/h5-6,8-9,12,15H,7H2,1-4H3/t12-,15+/m0/s1. The minimum atomic E-state index is -0.790. The lowest BCUT2D eigenvalue weighted by atomic mass is 9.93. The van der Waals surface area contributed by atoms with Crippen molar-refractivity contribution in [1.82, 2.24) is 5.06 Å². The Bertz CT molecular complexity index is 585. The second-order valence-electron chi connectivity index (χ2n) is 5.00. The summed E-state index contributed by atoms with van der Waals surface area (Å²) in [5.74, 6) is 1.11. The number of allylic oxidation sites excluding steroid dienone is 1. The third kappa shape index (κ3) is 2.85. The molecule has 0 N–H and O–H groups in total. The van der Waals surface area contributed by atoms with E-state index in [1.807, 2.05) is 13.0 Å². The minimum Gasteiger partial charge on any atom is -0.493 e. The zero-order valence-corrected chi connectivity index (χ0v) is 13.1. The van der Waals surface area contributed by atoms with Crippen molar-refractivity contribution in [2.45, 2.75) is 25.4 Å². The number of nitro groups is 1. The van der Waals surface area contributed by atoms with Crippen molar-refractivity contribution in [1.29, 1.82) is 0 Å². The van der Waals surface area contributed by atoms with Gasteiger partial charge in [0, 0.05) is 17.0 Å². The van der Waals surface area contributed by atoms with Crippen molar-refractivity contribution in [2.24, 2.45) is 0 Å². The summed E-state index contributed by atoms with van der Waals surface area (Å²) in [4.78, 5) is 16.5. The molecule has 120 valence electrons. The van der Waals surface area contributed by atoms with E-state index in [-0.39, 0.29) is 4.92 Å². The van der Waals surface area contributed by atoms with Crippen molar-refractivity contribution >= 4 is 0 Å². The highest BCUT2D eigenvalue weighted by Crippen LogP contribution is 2.38. The van der Waals surface area contributed by atoms with Gasteiger partial charge in [0.2, 0.25) is 6.04 Å². The molecule has 0 fully saturated rings. The number of benzene rings is 1. The van der Waals surface area contributed by atoms with Crippen LogP contribution in [0.4, 0.5) is 0 Å². The van der Waals surface area contributed by atoms with E-state index >= 15 is 0 Å². The fourth-order valence-electron chi connectivity index (χ4n) is 2.74. The van der Waals surface area contributed by atoms with Gasteiger partial charge < -0.3 is 9.47 Å². The van der Waals surface area contributed by atoms with Crippen LogP contribution in [0.2, 0.25) is 0 Å². The zero-order valence-electron chi connectivity index (χ0n) is 13.1. The lowest BCUT2D eigenvalue weighted by Crippen LogP contribution is -2.41. The van der Waals surface area contributed by atoms with Crippen LogP contribution in [0, 0.1) is 10.1 Å². The van der Waals surface area contributed by atoms with Gasteiger partial charge in [0.15, 0.2) is 11.5 Å². The van der Waals surface area contributed by atoms with Gasteiger partial charge in [-0.15, -0.1) is 0 Å². The highest BCUT2D eigenvalue weighted by Gasteiger charge is 2.40. The van der Waals surface area contributed by atoms with Gasteiger partial charge in [0.25, 0.3) is 0 Å². The second-order valence-corrected chi connectivity index (χ2v) is 5.00. The molecule has 22 heavy (non-hydrogen) atoms. The molecular formula is C15H20N2O5. The van der Waals surface area contributed by atoms with Crippen LogP contribution in [0.25, 0.3) is 0 Å². The predicted octanol–water partition coefficient (Wildman–Crippen LogP) is 2.56. The van der Waals surface area contributed by atoms with Gasteiger partial charge in [0.1, 0.15) is 6.04 Å². The van der Waals surface area contributed by atoms with Crippen LogP contribution in [-0.4, -0.2) is 37.4 Å². The molecule has 2 atom stereocenters. The quantitative estimate of drug-likeness (QED) is 0.615. The monoisotopic (exact) mass is 308 g/mol. The van der Waals surface area contributed by atoms with Gasteiger partial charge >= 0.3 is 0 Å². The average Bonchev–Trinajstić information content (AvgIpc) is 2.53. The summed E-state index contributed by atoms with van der Waals surface area (Å²) in [7, 11) is 4.59. The number of hydroxylamine groups is 2. The average molecular weight is 308 g/mol. The first kappa shape index (κ1) is 16.1. The maximum absolute atomic E-state index is 11.4.